The van der Waals surface area contributed by atoms with Gasteiger partial charge in [-0.2, -0.15) is 0 Å². The van der Waals surface area contributed by atoms with Crippen molar-refractivity contribution in [2.45, 2.75) is 50.5 Å². The molecule has 0 bridgehead atoms. The SMILES string of the molecule is NC1(c2ncc3c(n2)CCCCC3)CC1. The zero-order valence-electron chi connectivity index (χ0n) is 9.00. The largest absolute Gasteiger partial charge is 0.319 e. The number of nitrogens with zero attached hydrogens (tertiary/aromatic N) is 2. The molecular formula is C12H17N3. The Morgan fingerprint density at radius 1 is 1.13 bits per heavy atom. The average molecular weight is 203 g/mol. The minimum absolute atomic E-state index is 0.179. The maximum absolute atomic E-state index is 6.12. The van der Waals surface area contributed by atoms with Crippen molar-refractivity contribution in [2.75, 3.05) is 0 Å². The molecule has 15 heavy (non-hydrogen) atoms. The third kappa shape index (κ3) is 1.65. The van der Waals surface area contributed by atoms with Gasteiger partial charge in [0.2, 0.25) is 0 Å². The van der Waals surface area contributed by atoms with Gasteiger partial charge in [0.1, 0.15) is 5.82 Å². The molecule has 3 heteroatoms. The maximum Gasteiger partial charge on any atom is 0.148 e. The standard InChI is InChI=1S/C12H17N3/c13-12(6-7-12)11-14-8-9-4-2-1-3-5-10(9)15-11/h8H,1-7,13H2. The van der Waals surface area contributed by atoms with Crippen molar-refractivity contribution in [3.8, 4) is 0 Å². The smallest absolute Gasteiger partial charge is 0.148 e. The Hall–Kier alpha value is -0.960. The maximum atomic E-state index is 6.12. The van der Waals surface area contributed by atoms with E-state index in [1.165, 1.54) is 30.5 Å². The van der Waals surface area contributed by atoms with Crippen LogP contribution in [0, 0.1) is 0 Å². The fraction of sp³-hybridized carbons (Fsp3) is 0.667. The van der Waals surface area contributed by atoms with E-state index in [9.17, 15) is 0 Å². The van der Waals surface area contributed by atoms with Crippen LogP contribution in [-0.2, 0) is 18.4 Å². The first kappa shape index (κ1) is 9.28. The summed E-state index contributed by atoms with van der Waals surface area (Å²) < 4.78 is 0. The van der Waals surface area contributed by atoms with Crippen molar-refractivity contribution in [3.63, 3.8) is 0 Å². The molecule has 1 fully saturated rings. The highest BCUT2D eigenvalue weighted by Gasteiger charge is 2.43. The molecule has 3 rings (SSSR count). The minimum atomic E-state index is -0.179. The van der Waals surface area contributed by atoms with Crippen molar-refractivity contribution >= 4 is 0 Å². The normalized spacial score (nSPS) is 23.0. The Bertz CT molecular complexity index is 382. The third-order valence-electron chi connectivity index (χ3n) is 3.55. The second-order valence-corrected chi connectivity index (χ2v) is 4.88. The summed E-state index contributed by atoms with van der Waals surface area (Å²) in [6, 6.07) is 0. The number of nitrogens with two attached hydrogens (primary N) is 1. The van der Waals surface area contributed by atoms with E-state index >= 15 is 0 Å². The van der Waals surface area contributed by atoms with E-state index < -0.39 is 0 Å². The average Bonchev–Trinajstić information content (AvgIpc) is 3.01. The molecule has 0 atom stereocenters. The van der Waals surface area contributed by atoms with Crippen LogP contribution in [0.15, 0.2) is 6.20 Å². The second kappa shape index (κ2) is 3.27. The lowest BCUT2D eigenvalue weighted by Gasteiger charge is -2.10. The molecular weight excluding hydrogens is 186 g/mol. The summed E-state index contributed by atoms with van der Waals surface area (Å²) in [5.74, 6) is 0.878. The topological polar surface area (TPSA) is 51.8 Å². The number of rotatable bonds is 1. The Labute approximate surface area is 90.1 Å². The summed E-state index contributed by atoms with van der Waals surface area (Å²) in [6.07, 6.45) is 10.2. The van der Waals surface area contributed by atoms with Crippen LogP contribution >= 0.6 is 0 Å². The van der Waals surface area contributed by atoms with Crippen LogP contribution in [0.1, 0.15) is 49.2 Å². The van der Waals surface area contributed by atoms with Crippen molar-refractivity contribution in [1.82, 2.24) is 9.97 Å². The molecule has 0 radical (unpaired) electrons. The van der Waals surface area contributed by atoms with E-state index in [2.05, 4.69) is 9.97 Å². The molecule has 0 spiro atoms. The minimum Gasteiger partial charge on any atom is -0.319 e. The Morgan fingerprint density at radius 2 is 1.93 bits per heavy atom. The van der Waals surface area contributed by atoms with E-state index in [0.29, 0.717) is 0 Å². The first-order valence-corrected chi connectivity index (χ1v) is 5.92. The highest BCUT2D eigenvalue weighted by atomic mass is 15.0. The van der Waals surface area contributed by atoms with Crippen LogP contribution in [0.2, 0.25) is 0 Å². The van der Waals surface area contributed by atoms with Gasteiger partial charge in [-0.25, -0.2) is 9.97 Å². The molecule has 0 saturated heterocycles. The highest BCUT2D eigenvalue weighted by molar-refractivity contribution is 5.24. The zero-order chi connectivity index (χ0) is 10.3. The van der Waals surface area contributed by atoms with Gasteiger partial charge in [-0.1, -0.05) is 6.42 Å². The first-order chi connectivity index (χ1) is 7.28. The van der Waals surface area contributed by atoms with Gasteiger partial charge < -0.3 is 5.73 Å². The summed E-state index contributed by atoms with van der Waals surface area (Å²) in [6.45, 7) is 0. The summed E-state index contributed by atoms with van der Waals surface area (Å²) in [5.41, 5.74) is 8.54. The molecule has 80 valence electrons. The summed E-state index contributed by atoms with van der Waals surface area (Å²) >= 11 is 0. The molecule has 2 aliphatic rings. The molecule has 2 aliphatic carbocycles. The van der Waals surface area contributed by atoms with Crippen LogP contribution < -0.4 is 5.73 Å². The summed E-state index contributed by atoms with van der Waals surface area (Å²) in [7, 11) is 0. The molecule has 0 aromatic carbocycles. The van der Waals surface area contributed by atoms with Gasteiger partial charge in [-0.05, 0) is 44.1 Å². The van der Waals surface area contributed by atoms with Crippen LogP contribution in [0.3, 0.4) is 0 Å². The van der Waals surface area contributed by atoms with Crippen molar-refractivity contribution in [2.24, 2.45) is 5.73 Å². The fourth-order valence-corrected chi connectivity index (χ4v) is 2.25. The summed E-state index contributed by atoms with van der Waals surface area (Å²) in [5, 5.41) is 0. The lowest BCUT2D eigenvalue weighted by Crippen LogP contribution is -2.23. The quantitative estimate of drug-likeness (QED) is 0.707. The van der Waals surface area contributed by atoms with E-state index in [-0.39, 0.29) is 5.54 Å². The van der Waals surface area contributed by atoms with Gasteiger partial charge >= 0.3 is 0 Å². The van der Waals surface area contributed by atoms with Gasteiger partial charge in [0.25, 0.3) is 0 Å². The van der Waals surface area contributed by atoms with Crippen LogP contribution in [0.4, 0.5) is 0 Å². The van der Waals surface area contributed by atoms with Gasteiger partial charge in [0, 0.05) is 11.9 Å². The molecule has 0 amide bonds. The Morgan fingerprint density at radius 3 is 2.73 bits per heavy atom. The van der Waals surface area contributed by atoms with Gasteiger partial charge in [-0.15, -0.1) is 0 Å². The fourth-order valence-electron chi connectivity index (χ4n) is 2.25. The van der Waals surface area contributed by atoms with Crippen molar-refractivity contribution in [1.29, 1.82) is 0 Å². The molecule has 1 saturated carbocycles. The monoisotopic (exact) mass is 203 g/mol. The predicted octanol–water partition coefficient (Wildman–Crippen LogP) is 1.69. The number of hydrogen-bond acceptors (Lipinski definition) is 3. The molecule has 2 N–H and O–H groups in total. The van der Waals surface area contributed by atoms with E-state index in [1.807, 2.05) is 6.20 Å². The van der Waals surface area contributed by atoms with Crippen LogP contribution in [0.25, 0.3) is 0 Å². The lowest BCUT2D eigenvalue weighted by atomic mass is 10.1. The molecule has 1 aromatic rings. The van der Waals surface area contributed by atoms with Crippen molar-refractivity contribution in [3.05, 3.63) is 23.3 Å². The third-order valence-corrected chi connectivity index (χ3v) is 3.55. The molecule has 0 unspecified atom stereocenters. The zero-order valence-corrected chi connectivity index (χ0v) is 9.00. The lowest BCUT2D eigenvalue weighted by molar-refractivity contribution is 0.657. The molecule has 3 nitrogen and oxygen atoms in total. The van der Waals surface area contributed by atoms with Gasteiger partial charge in [0.05, 0.1) is 5.54 Å². The second-order valence-electron chi connectivity index (χ2n) is 4.88. The molecule has 1 aromatic heterocycles. The van der Waals surface area contributed by atoms with Gasteiger partial charge in [0.15, 0.2) is 0 Å². The van der Waals surface area contributed by atoms with E-state index in [4.69, 9.17) is 5.73 Å². The number of hydrogen-bond donors (Lipinski definition) is 1. The molecule has 1 heterocycles. The van der Waals surface area contributed by atoms with E-state index in [1.54, 1.807) is 0 Å². The number of aryl methyl sites for hydroxylation is 2. The predicted molar refractivity (Wildman–Crippen MR) is 58.4 cm³/mol. The Kier molecular flexibility index (Phi) is 2.02. The summed E-state index contributed by atoms with van der Waals surface area (Å²) in [4.78, 5) is 9.10. The number of fused-ring (bicyclic) bond motifs is 1. The Balaban J connectivity index is 1.97. The van der Waals surface area contributed by atoms with Gasteiger partial charge in [-0.3, -0.25) is 0 Å². The van der Waals surface area contributed by atoms with Crippen LogP contribution in [0.5, 0.6) is 0 Å². The van der Waals surface area contributed by atoms with Crippen molar-refractivity contribution < 1.29 is 0 Å². The highest BCUT2D eigenvalue weighted by Crippen LogP contribution is 2.40. The molecule has 0 aliphatic heterocycles. The van der Waals surface area contributed by atoms with E-state index in [0.717, 1.165) is 31.5 Å². The number of aromatic nitrogens is 2. The van der Waals surface area contributed by atoms with Crippen LogP contribution in [-0.4, -0.2) is 9.97 Å². The first-order valence-electron chi connectivity index (χ1n) is 5.92.